The van der Waals surface area contributed by atoms with E-state index in [0.717, 1.165) is 51.4 Å². The monoisotopic (exact) mass is 738 g/mol. The molecule has 0 spiro atoms. The predicted molar refractivity (Wildman–Crippen MR) is 196 cm³/mol. The van der Waals surface area contributed by atoms with E-state index in [9.17, 15) is 25.9 Å². The van der Waals surface area contributed by atoms with Gasteiger partial charge < -0.3 is 9.11 Å². The van der Waals surface area contributed by atoms with Crippen molar-refractivity contribution in [3.8, 4) is 0 Å². The molecule has 0 radical (unpaired) electrons. The van der Waals surface area contributed by atoms with Crippen molar-refractivity contribution in [3.63, 3.8) is 0 Å². The van der Waals surface area contributed by atoms with Gasteiger partial charge in [-0.3, -0.25) is 8.37 Å². The molecule has 2 unspecified atom stereocenters. The zero-order valence-corrected chi connectivity index (χ0v) is 35.0. The Morgan fingerprint density at radius 2 is 0.574 bits per heavy atom. The average molecular weight is 739 g/mol. The molecule has 280 valence electrons. The molecular weight excluding hydrogens is 665 g/mol. The van der Waals surface area contributed by atoms with Crippen LogP contribution in [-0.2, 0) is 29.2 Å². The van der Waals surface area contributed by atoms with Crippen LogP contribution in [0.4, 0.5) is 0 Å². The second-order valence-electron chi connectivity index (χ2n) is 13.3. The predicted octanol–water partition coefficient (Wildman–Crippen LogP) is 10.8. The van der Waals surface area contributed by atoms with Crippen LogP contribution in [0.15, 0.2) is 0 Å². The average Bonchev–Trinajstić information content (AvgIpc) is 3.00. The molecule has 0 aliphatic carbocycles. The number of hydrogen-bond acceptors (Lipinski definition) is 8. The van der Waals surface area contributed by atoms with Crippen molar-refractivity contribution in [2.45, 2.75) is 207 Å². The fourth-order valence-corrected chi connectivity index (χ4v) is 6.55. The van der Waals surface area contributed by atoms with Gasteiger partial charge in [-0.25, -0.2) is 16.8 Å². The molecule has 0 aromatic heterocycles. The Morgan fingerprint density at radius 3 is 0.766 bits per heavy atom. The minimum Gasteiger partial charge on any atom is -0.726 e. The Hall–Kier alpha value is 1.000. The molecular formula is C36H74CaO8S2. The number of unbranched alkanes of at least 4 members (excludes halogenated alkanes) is 20. The molecule has 0 N–H and O–H groups in total. The van der Waals surface area contributed by atoms with Crippen LogP contribution in [0.2, 0.25) is 0 Å². The van der Waals surface area contributed by atoms with E-state index in [1.54, 1.807) is 0 Å². The van der Waals surface area contributed by atoms with Crippen molar-refractivity contribution in [1.29, 1.82) is 0 Å². The molecule has 0 heterocycles. The third-order valence-corrected chi connectivity index (χ3v) is 9.61. The van der Waals surface area contributed by atoms with Gasteiger partial charge in [0.25, 0.3) is 0 Å². The first-order chi connectivity index (χ1) is 22.0. The van der Waals surface area contributed by atoms with Gasteiger partial charge in [0, 0.05) is 0 Å². The van der Waals surface area contributed by atoms with Crippen LogP contribution in [0, 0.1) is 11.8 Å². The molecule has 0 saturated heterocycles. The molecule has 0 fully saturated rings. The summed E-state index contributed by atoms with van der Waals surface area (Å²) in [6, 6.07) is 0. The Balaban J connectivity index is -0.000000807. The quantitative estimate of drug-likeness (QED) is 0.0276. The zero-order valence-electron chi connectivity index (χ0n) is 31.2. The van der Waals surface area contributed by atoms with E-state index in [-0.39, 0.29) is 62.8 Å². The first kappa shape index (κ1) is 52.4. The molecule has 0 aliphatic heterocycles. The van der Waals surface area contributed by atoms with Crippen molar-refractivity contribution in [1.82, 2.24) is 0 Å². The maximum absolute atomic E-state index is 10.6. The maximum Gasteiger partial charge on any atom is 2.00 e. The van der Waals surface area contributed by atoms with Crippen LogP contribution in [0.3, 0.4) is 0 Å². The summed E-state index contributed by atoms with van der Waals surface area (Å²) < 4.78 is 72.9. The molecule has 8 nitrogen and oxygen atoms in total. The van der Waals surface area contributed by atoms with Gasteiger partial charge in [0.15, 0.2) is 0 Å². The van der Waals surface area contributed by atoms with Gasteiger partial charge in [-0.05, 0) is 37.5 Å². The number of rotatable bonds is 34. The summed E-state index contributed by atoms with van der Waals surface area (Å²) in [5, 5.41) is 0. The fraction of sp³-hybridized carbons (Fsp3) is 1.00. The van der Waals surface area contributed by atoms with Gasteiger partial charge in [0.05, 0.1) is 13.2 Å². The summed E-state index contributed by atoms with van der Waals surface area (Å²) in [5.41, 5.74) is 0. The van der Waals surface area contributed by atoms with Gasteiger partial charge in [-0.15, -0.1) is 0 Å². The molecule has 0 bridgehead atoms. The summed E-state index contributed by atoms with van der Waals surface area (Å²) in [4.78, 5) is 0. The summed E-state index contributed by atoms with van der Waals surface area (Å²) >= 11 is 0. The van der Waals surface area contributed by atoms with Crippen LogP contribution >= 0.6 is 0 Å². The first-order valence-electron chi connectivity index (χ1n) is 19.2. The molecule has 0 amide bonds. The largest absolute Gasteiger partial charge is 2.00 e. The smallest absolute Gasteiger partial charge is 0.726 e. The summed E-state index contributed by atoms with van der Waals surface area (Å²) in [6.45, 7) is 8.95. The summed E-state index contributed by atoms with van der Waals surface area (Å²) in [6.07, 6.45) is 33.4. The summed E-state index contributed by atoms with van der Waals surface area (Å²) in [5.74, 6) is 0.409. The van der Waals surface area contributed by atoms with Crippen molar-refractivity contribution < 1.29 is 34.3 Å². The number of hydrogen-bond donors (Lipinski definition) is 0. The van der Waals surface area contributed by atoms with Gasteiger partial charge in [0.1, 0.15) is 0 Å². The molecule has 11 heteroatoms. The van der Waals surface area contributed by atoms with Crippen molar-refractivity contribution in [3.05, 3.63) is 0 Å². The van der Waals surface area contributed by atoms with Gasteiger partial charge in [0.2, 0.25) is 20.8 Å². The van der Waals surface area contributed by atoms with E-state index < -0.39 is 20.8 Å². The van der Waals surface area contributed by atoms with Gasteiger partial charge in [-0.1, -0.05) is 182 Å². The second-order valence-corrected chi connectivity index (χ2v) is 15.4. The summed E-state index contributed by atoms with van der Waals surface area (Å²) in [7, 11) is -9.11. The van der Waals surface area contributed by atoms with Crippen LogP contribution in [0.1, 0.15) is 207 Å². The van der Waals surface area contributed by atoms with Crippen LogP contribution < -0.4 is 0 Å². The van der Waals surface area contributed by atoms with E-state index in [2.05, 4.69) is 36.1 Å². The topological polar surface area (TPSA) is 133 Å². The molecule has 0 aliphatic rings. The maximum atomic E-state index is 10.6. The van der Waals surface area contributed by atoms with Gasteiger partial charge >= 0.3 is 37.7 Å². The Bertz CT molecular complexity index is 757. The Labute approximate surface area is 323 Å². The molecule has 47 heavy (non-hydrogen) atoms. The van der Waals surface area contributed by atoms with E-state index in [1.807, 2.05) is 0 Å². The van der Waals surface area contributed by atoms with Crippen molar-refractivity contribution >= 4 is 58.5 Å². The van der Waals surface area contributed by atoms with E-state index in [1.165, 1.54) is 128 Å². The molecule has 2 atom stereocenters. The SMILES string of the molecule is CCCCCCCCCC(CCCCCCC)COS(=O)(=O)[O-].CCCCCCCCCC(CCCCCCC)COS(=O)(=O)[O-].[Ca+2]. The Kier molecular flexibility index (Phi) is 42.6. The third-order valence-electron chi connectivity index (χ3n) is 8.76. The van der Waals surface area contributed by atoms with Gasteiger partial charge in [-0.2, -0.15) is 0 Å². The second kappa shape index (κ2) is 38.2. The van der Waals surface area contributed by atoms with E-state index >= 15 is 0 Å². The molecule has 0 rings (SSSR count). The molecule has 0 aromatic carbocycles. The van der Waals surface area contributed by atoms with Crippen LogP contribution in [0.25, 0.3) is 0 Å². The first-order valence-corrected chi connectivity index (χ1v) is 21.9. The van der Waals surface area contributed by atoms with Crippen LogP contribution in [0.5, 0.6) is 0 Å². The minimum atomic E-state index is -4.55. The zero-order chi connectivity index (χ0) is 34.8. The van der Waals surface area contributed by atoms with Crippen molar-refractivity contribution in [2.75, 3.05) is 13.2 Å². The fourth-order valence-electron chi connectivity index (χ4n) is 5.83. The molecule has 0 saturated carbocycles. The van der Waals surface area contributed by atoms with E-state index in [0.29, 0.717) is 0 Å². The third kappa shape index (κ3) is 47.0. The van der Waals surface area contributed by atoms with E-state index in [4.69, 9.17) is 0 Å². The molecule has 0 aromatic rings. The normalized spacial score (nSPS) is 13.1. The minimum absolute atomic E-state index is 0. The standard InChI is InChI=1S/2C18H38O4S.Ca/c2*1-3-5-7-9-10-12-14-16-18(17-22-23(19,20)21)15-13-11-8-6-4-2;/h2*18H,3-17H2,1-2H3,(H,19,20,21);/q;;+2/p-2. The van der Waals surface area contributed by atoms with Crippen LogP contribution in [-0.4, -0.2) is 76.9 Å². The van der Waals surface area contributed by atoms with Crippen molar-refractivity contribution in [2.24, 2.45) is 11.8 Å². The Morgan fingerprint density at radius 1 is 0.383 bits per heavy atom.